The number of amides is 1. The van der Waals surface area contributed by atoms with E-state index in [-0.39, 0.29) is 19.0 Å². The third kappa shape index (κ3) is 2.90. The molecular weight excluding hydrogens is 328 g/mol. The van der Waals surface area contributed by atoms with Crippen molar-refractivity contribution in [2.24, 2.45) is 0 Å². The van der Waals surface area contributed by atoms with E-state index in [1.807, 2.05) is 11.0 Å². The van der Waals surface area contributed by atoms with Crippen molar-refractivity contribution >= 4 is 17.2 Å². The average molecular weight is 343 g/mol. The molecule has 1 aliphatic rings. The van der Waals surface area contributed by atoms with Crippen LogP contribution in [0.15, 0.2) is 42.9 Å². The minimum atomic E-state index is -0.903. The van der Waals surface area contributed by atoms with E-state index in [0.29, 0.717) is 24.5 Å². The molecule has 0 N–H and O–H groups in total. The minimum absolute atomic E-state index is 0.0840. The van der Waals surface area contributed by atoms with E-state index in [1.165, 1.54) is 6.07 Å². The third-order valence-electron chi connectivity index (χ3n) is 4.28. The van der Waals surface area contributed by atoms with Crippen molar-refractivity contribution in [2.75, 3.05) is 24.5 Å². The van der Waals surface area contributed by atoms with Gasteiger partial charge in [0.15, 0.2) is 17.5 Å². The third-order valence-corrected chi connectivity index (χ3v) is 4.28. The fourth-order valence-corrected chi connectivity index (χ4v) is 3.00. The number of nitrogens with zero attached hydrogens (tertiary/aromatic N) is 5. The maximum Gasteiger partial charge on any atom is 0.242 e. The second-order valence-corrected chi connectivity index (χ2v) is 5.90. The van der Waals surface area contributed by atoms with E-state index >= 15 is 0 Å². The summed E-state index contributed by atoms with van der Waals surface area (Å²) >= 11 is 0. The molecule has 0 aliphatic carbocycles. The molecule has 1 amide bonds. The summed E-state index contributed by atoms with van der Waals surface area (Å²) in [4.78, 5) is 20.4. The van der Waals surface area contributed by atoms with Crippen molar-refractivity contribution < 1.29 is 13.6 Å². The Labute approximate surface area is 142 Å². The molecule has 0 saturated carbocycles. The Morgan fingerprint density at radius 2 is 1.96 bits per heavy atom. The first-order valence-corrected chi connectivity index (χ1v) is 7.87. The van der Waals surface area contributed by atoms with Gasteiger partial charge in [-0.15, -0.1) is 0 Å². The van der Waals surface area contributed by atoms with Gasteiger partial charge in [0.05, 0.1) is 12.7 Å². The van der Waals surface area contributed by atoms with E-state index in [9.17, 15) is 13.6 Å². The SMILES string of the molecule is O=C1CN(c2nccn3nccc23)CCN1Cc1ccc(F)c(F)c1. The smallest absolute Gasteiger partial charge is 0.242 e. The number of hydrogen-bond donors (Lipinski definition) is 0. The van der Waals surface area contributed by atoms with Crippen molar-refractivity contribution in [2.45, 2.75) is 6.54 Å². The molecule has 0 unspecified atom stereocenters. The number of anilines is 1. The monoisotopic (exact) mass is 343 g/mol. The average Bonchev–Trinajstić information content (AvgIpc) is 3.08. The van der Waals surface area contributed by atoms with Crippen LogP contribution in [0.25, 0.3) is 5.52 Å². The molecule has 0 atom stereocenters. The number of rotatable bonds is 3. The molecule has 3 heterocycles. The molecule has 128 valence electrons. The van der Waals surface area contributed by atoms with Crippen molar-refractivity contribution in [3.05, 3.63) is 60.1 Å². The maximum absolute atomic E-state index is 13.3. The van der Waals surface area contributed by atoms with Gasteiger partial charge in [0.25, 0.3) is 0 Å². The molecule has 1 saturated heterocycles. The second kappa shape index (κ2) is 6.12. The van der Waals surface area contributed by atoms with Gasteiger partial charge in [0, 0.05) is 32.0 Å². The topological polar surface area (TPSA) is 53.7 Å². The molecule has 1 aliphatic heterocycles. The summed E-state index contributed by atoms with van der Waals surface area (Å²) in [5.74, 6) is -1.17. The van der Waals surface area contributed by atoms with Crippen molar-refractivity contribution in [1.82, 2.24) is 19.5 Å². The van der Waals surface area contributed by atoms with E-state index in [0.717, 1.165) is 17.6 Å². The zero-order chi connectivity index (χ0) is 17.4. The van der Waals surface area contributed by atoms with Crippen molar-refractivity contribution in [3.63, 3.8) is 0 Å². The van der Waals surface area contributed by atoms with Crippen molar-refractivity contribution in [1.29, 1.82) is 0 Å². The molecule has 8 heteroatoms. The van der Waals surface area contributed by atoms with Gasteiger partial charge < -0.3 is 9.80 Å². The van der Waals surface area contributed by atoms with Gasteiger partial charge in [-0.3, -0.25) is 4.79 Å². The number of carbonyl (C=O) groups excluding carboxylic acids is 1. The van der Waals surface area contributed by atoms with Gasteiger partial charge in [-0.05, 0) is 23.8 Å². The normalized spacial score (nSPS) is 15.2. The van der Waals surface area contributed by atoms with Gasteiger partial charge >= 0.3 is 0 Å². The van der Waals surface area contributed by atoms with E-state index in [2.05, 4.69) is 10.1 Å². The molecule has 1 aromatic carbocycles. The van der Waals surface area contributed by atoms with Crippen LogP contribution in [0.5, 0.6) is 0 Å². The fraction of sp³-hybridized carbons (Fsp3) is 0.235. The van der Waals surface area contributed by atoms with Crippen LogP contribution in [0.4, 0.5) is 14.6 Å². The molecular formula is C17H15F2N5O. The Balaban J connectivity index is 1.49. The lowest BCUT2D eigenvalue weighted by Gasteiger charge is -2.35. The molecule has 3 aromatic rings. The minimum Gasteiger partial charge on any atom is -0.344 e. The quantitative estimate of drug-likeness (QED) is 0.728. The lowest BCUT2D eigenvalue weighted by molar-refractivity contribution is -0.131. The van der Waals surface area contributed by atoms with Crippen molar-refractivity contribution in [3.8, 4) is 0 Å². The number of benzene rings is 1. The lowest BCUT2D eigenvalue weighted by Crippen LogP contribution is -2.50. The zero-order valence-corrected chi connectivity index (χ0v) is 13.3. The molecule has 6 nitrogen and oxygen atoms in total. The molecule has 4 rings (SSSR count). The predicted octanol–water partition coefficient (Wildman–Crippen LogP) is 1.86. The van der Waals surface area contributed by atoms with Crippen LogP contribution in [0, 0.1) is 11.6 Å². The Bertz CT molecular complexity index is 942. The maximum atomic E-state index is 13.3. The first-order chi connectivity index (χ1) is 12.1. The summed E-state index contributed by atoms with van der Waals surface area (Å²) in [5.41, 5.74) is 1.40. The van der Waals surface area contributed by atoms with Gasteiger partial charge in [0.1, 0.15) is 5.52 Å². The number of carbonyl (C=O) groups is 1. The van der Waals surface area contributed by atoms with E-state index < -0.39 is 11.6 Å². The summed E-state index contributed by atoms with van der Waals surface area (Å²) < 4.78 is 28.1. The lowest BCUT2D eigenvalue weighted by atomic mass is 10.2. The van der Waals surface area contributed by atoms with Crippen LogP contribution >= 0.6 is 0 Å². The van der Waals surface area contributed by atoms with Gasteiger partial charge in [-0.1, -0.05) is 6.07 Å². The first kappa shape index (κ1) is 15.5. The van der Waals surface area contributed by atoms with Crippen LogP contribution in [0.3, 0.4) is 0 Å². The standard InChI is InChI=1S/C17H15F2N5O/c18-13-2-1-12(9-14(13)19)10-22-7-8-23(11-16(22)25)17-15-3-4-21-24(15)6-5-20-17/h1-6,9H,7-8,10-11H2. The molecule has 25 heavy (non-hydrogen) atoms. The van der Waals surface area contributed by atoms with Crippen LogP contribution in [0.1, 0.15) is 5.56 Å². The summed E-state index contributed by atoms with van der Waals surface area (Å²) in [6, 6.07) is 5.55. The highest BCUT2D eigenvalue weighted by atomic mass is 19.2. The van der Waals surface area contributed by atoms with E-state index in [4.69, 9.17) is 0 Å². The molecule has 1 fully saturated rings. The highest BCUT2D eigenvalue weighted by molar-refractivity contribution is 5.84. The molecule has 0 bridgehead atoms. The number of fused-ring (bicyclic) bond motifs is 1. The number of piperazine rings is 1. The predicted molar refractivity (Wildman–Crippen MR) is 87.0 cm³/mol. The second-order valence-electron chi connectivity index (χ2n) is 5.90. The fourth-order valence-electron chi connectivity index (χ4n) is 3.00. The zero-order valence-electron chi connectivity index (χ0n) is 13.3. The summed E-state index contributed by atoms with van der Waals surface area (Å²) in [6.45, 7) is 1.53. The van der Waals surface area contributed by atoms with Crippen LogP contribution < -0.4 is 4.90 Å². The van der Waals surface area contributed by atoms with E-state index in [1.54, 1.807) is 28.0 Å². The van der Waals surface area contributed by atoms with Crippen LogP contribution in [0.2, 0.25) is 0 Å². The highest BCUT2D eigenvalue weighted by Crippen LogP contribution is 2.21. The Hall–Kier alpha value is -3.03. The Morgan fingerprint density at radius 1 is 1.08 bits per heavy atom. The van der Waals surface area contributed by atoms with Crippen LogP contribution in [-0.4, -0.2) is 45.0 Å². The first-order valence-electron chi connectivity index (χ1n) is 7.87. The summed E-state index contributed by atoms with van der Waals surface area (Å²) in [6.07, 6.45) is 5.08. The molecule has 2 aromatic heterocycles. The number of aromatic nitrogens is 3. The summed E-state index contributed by atoms with van der Waals surface area (Å²) in [7, 11) is 0. The summed E-state index contributed by atoms with van der Waals surface area (Å²) in [5, 5.41) is 4.17. The Kier molecular flexibility index (Phi) is 3.79. The number of halogens is 2. The van der Waals surface area contributed by atoms with Gasteiger partial charge in [-0.2, -0.15) is 5.10 Å². The van der Waals surface area contributed by atoms with Gasteiger partial charge in [0.2, 0.25) is 5.91 Å². The Morgan fingerprint density at radius 3 is 2.76 bits per heavy atom. The highest BCUT2D eigenvalue weighted by Gasteiger charge is 2.26. The number of hydrogen-bond acceptors (Lipinski definition) is 4. The molecule has 0 radical (unpaired) electrons. The van der Waals surface area contributed by atoms with Gasteiger partial charge in [-0.25, -0.2) is 18.3 Å². The molecule has 0 spiro atoms. The van der Waals surface area contributed by atoms with Crippen LogP contribution in [-0.2, 0) is 11.3 Å². The largest absolute Gasteiger partial charge is 0.344 e.